The molecule has 2 bridgehead atoms. The van der Waals surface area contributed by atoms with Crippen molar-refractivity contribution in [1.29, 1.82) is 0 Å². The maximum absolute atomic E-state index is 12.8. The minimum absolute atomic E-state index is 0.0971. The molecule has 4 aliphatic rings. The van der Waals surface area contributed by atoms with Crippen LogP contribution in [0.1, 0.15) is 31.2 Å². The second-order valence-corrected chi connectivity index (χ2v) is 10.5. The zero-order valence-electron chi connectivity index (χ0n) is 17.1. The Morgan fingerprint density at radius 2 is 1.86 bits per heavy atom. The lowest BCUT2D eigenvalue weighted by molar-refractivity contribution is -0.127. The van der Waals surface area contributed by atoms with Crippen molar-refractivity contribution in [3.8, 4) is 0 Å². The van der Waals surface area contributed by atoms with E-state index in [1.54, 1.807) is 24.3 Å². The molecule has 0 radical (unpaired) electrons. The average molecular weight is 418 g/mol. The van der Waals surface area contributed by atoms with Gasteiger partial charge in [0.15, 0.2) is 0 Å². The van der Waals surface area contributed by atoms with Crippen LogP contribution in [-0.2, 0) is 14.8 Å². The molecular formula is C22H31N3O3S. The molecule has 6 nitrogen and oxygen atoms in total. The van der Waals surface area contributed by atoms with Crippen molar-refractivity contribution in [1.82, 2.24) is 14.5 Å². The molecule has 7 heteroatoms. The number of rotatable bonds is 5. The SMILES string of the molecule is Cc1ccc(S(=O)(=O)NCC2CCCN(C(=O)/C=C3/CN4CCC3CC4)C2)cc1. The fourth-order valence-electron chi connectivity index (χ4n) is 4.72. The van der Waals surface area contributed by atoms with Gasteiger partial charge in [-0.25, -0.2) is 13.1 Å². The second kappa shape index (κ2) is 8.58. The zero-order valence-corrected chi connectivity index (χ0v) is 18.0. The molecule has 0 aromatic heterocycles. The summed E-state index contributed by atoms with van der Waals surface area (Å²) in [5.74, 6) is 0.823. The number of likely N-dealkylation sites (tertiary alicyclic amines) is 1. The summed E-state index contributed by atoms with van der Waals surface area (Å²) in [7, 11) is -3.51. The Labute approximate surface area is 174 Å². The number of fused-ring (bicyclic) bond motifs is 3. The second-order valence-electron chi connectivity index (χ2n) is 8.73. The highest BCUT2D eigenvalue weighted by atomic mass is 32.2. The van der Waals surface area contributed by atoms with Gasteiger partial charge in [0.05, 0.1) is 4.90 Å². The Hall–Kier alpha value is -1.70. The summed E-state index contributed by atoms with van der Waals surface area (Å²) in [5.41, 5.74) is 2.32. The quantitative estimate of drug-likeness (QED) is 0.746. The van der Waals surface area contributed by atoms with Gasteiger partial charge in [-0.3, -0.25) is 9.69 Å². The van der Waals surface area contributed by atoms with E-state index in [-0.39, 0.29) is 11.8 Å². The van der Waals surface area contributed by atoms with E-state index in [0.717, 1.165) is 44.6 Å². The Morgan fingerprint density at radius 3 is 2.52 bits per heavy atom. The highest BCUT2D eigenvalue weighted by Crippen LogP contribution is 2.32. The number of piperidine rings is 4. The smallest absolute Gasteiger partial charge is 0.246 e. The molecular weight excluding hydrogens is 386 g/mol. The Bertz CT molecular complexity index is 871. The molecule has 1 aromatic carbocycles. The van der Waals surface area contributed by atoms with E-state index < -0.39 is 10.0 Å². The molecule has 1 unspecified atom stereocenters. The van der Waals surface area contributed by atoms with Crippen LogP contribution in [0.2, 0.25) is 0 Å². The number of hydrogen-bond donors (Lipinski definition) is 1. The van der Waals surface area contributed by atoms with Gasteiger partial charge in [-0.1, -0.05) is 17.7 Å². The summed E-state index contributed by atoms with van der Waals surface area (Å²) in [6, 6.07) is 6.87. The predicted octanol–water partition coefficient (Wildman–Crippen LogP) is 2.16. The lowest BCUT2D eigenvalue weighted by Gasteiger charge is -2.41. The highest BCUT2D eigenvalue weighted by Gasteiger charge is 2.31. The van der Waals surface area contributed by atoms with Crippen molar-refractivity contribution >= 4 is 15.9 Å². The molecule has 1 amide bonds. The van der Waals surface area contributed by atoms with Gasteiger partial charge in [-0.05, 0) is 75.2 Å². The summed E-state index contributed by atoms with van der Waals surface area (Å²) in [5, 5.41) is 0. The summed E-state index contributed by atoms with van der Waals surface area (Å²) >= 11 is 0. The topological polar surface area (TPSA) is 69.7 Å². The molecule has 4 saturated heterocycles. The first-order valence-electron chi connectivity index (χ1n) is 10.7. The molecule has 158 valence electrons. The Balaban J connectivity index is 1.33. The summed E-state index contributed by atoms with van der Waals surface area (Å²) in [4.78, 5) is 17.5. The number of benzene rings is 1. The van der Waals surface area contributed by atoms with Crippen LogP contribution in [-0.4, -0.2) is 63.4 Å². The number of nitrogens with zero attached hydrogens (tertiary/aromatic N) is 2. The van der Waals surface area contributed by atoms with Crippen LogP contribution in [0.4, 0.5) is 0 Å². The number of sulfonamides is 1. The van der Waals surface area contributed by atoms with Crippen LogP contribution >= 0.6 is 0 Å². The van der Waals surface area contributed by atoms with Crippen LogP contribution in [0, 0.1) is 18.8 Å². The first kappa shape index (κ1) is 20.6. The average Bonchev–Trinajstić information content (AvgIpc) is 2.74. The van der Waals surface area contributed by atoms with Gasteiger partial charge in [-0.15, -0.1) is 0 Å². The summed E-state index contributed by atoms with van der Waals surface area (Å²) in [6.45, 7) is 6.93. The summed E-state index contributed by atoms with van der Waals surface area (Å²) < 4.78 is 27.8. The Kier molecular flexibility index (Phi) is 6.08. The zero-order chi connectivity index (χ0) is 20.4. The third-order valence-electron chi connectivity index (χ3n) is 6.55. The van der Waals surface area contributed by atoms with E-state index in [1.807, 2.05) is 17.9 Å². The van der Waals surface area contributed by atoms with Crippen molar-refractivity contribution in [2.24, 2.45) is 11.8 Å². The molecule has 4 fully saturated rings. The number of nitrogens with one attached hydrogen (secondary N) is 1. The third kappa shape index (κ3) is 4.90. The van der Waals surface area contributed by atoms with Crippen LogP contribution in [0.3, 0.4) is 0 Å². The van der Waals surface area contributed by atoms with Crippen molar-refractivity contribution in [3.05, 3.63) is 41.5 Å². The summed E-state index contributed by atoms with van der Waals surface area (Å²) in [6.07, 6.45) is 6.06. The largest absolute Gasteiger partial charge is 0.339 e. The monoisotopic (exact) mass is 417 g/mol. The van der Waals surface area contributed by atoms with E-state index in [9.17, 15) is 13.2 Å². The van der Waals surface area contributed by atoms with Crippen molar-refractivity contribution in [3.63, 3.8) is 0 Å². The first-order valence-corrected chi connectivity index (χ1v) is 12.2. The third-order valence-corrected chi connectivity index (χ3v) is 7.99. The standard InChI is InChI=1S/C22H31N3O3S/c1-17-4-6-21(7-5-17)29(27,28)23-14-18-3-2-10-25(15-18)22(26)13-20-16-24-11-8-19(20)9-12-24/h4-7,13,18-19,23H,2-3,8-12,14-16H2,1H3/b20-13-. The van der Waals surface area contributed by atoms with Crippen LogP contribution in [0.25, 0.3) is 0 Å². The molecule has 29 heavy (non-hydrogen) atoms. The van der Waals surface area contributed by atoms with E-state index in [0.29, 0.717) is 23.9 Å². The van der Waals surface area contributed by atoms with Gasteiger partial charge >= 0.3 is 0 Å². The van der Waals surface area contributed by atoms with E-state index in [2.05, 4.69) is 9.62 Å². The van der Waals surface area contributed by atoms with Gasteiger partial charge in [0, 0.05) is 32.3 Å². The van der Waals surface area contributed by atoms with Crippen molar-refractivity contribution in [2.75, 3.05) is 39.3 Å². The molecule has 5 rings (SSSR count). The minimum Gasteiger partial charge on any atom is -0.339 e. The molecule has 4 heterocycles. The Morgan fingerprint density at radius 1 is 1.14 bits per heavy atom. The lowest BCUT2D eigenvalue weighted by Crippen LogP contribution is -2.45. The molecule has 1 N–H and O–H groups in total. The molecule has 1 atom stereocenters. The van der Waals surface area contributed by atoms with Crippen molar-refractivity contribution < 1.29 is 13.2 Å². The minimum atomic E-state index is -3.51. The van der Waals surface area contributed by atoms with Gasteiger partial charge < -0.3 is 4.90 Å². The maximum atomic E-state index is 12.8. The van der Waals surface area contributed by atoms with E-state index in [1.165, 1.54) is 18.4 Å². The van der Waals surface area contributed by atoms with Crippen LogP contribution in [0.15, 0.2) is 40.8 Å². The number of amides is 1. The number of carbonyl (C=O) groups is 1. The number of aryl methyl sites for hydroxylation is 1. The van der Waals surface area contributed by atoms with Gasteiger partial charge in [0.25, 0.3) is 0 Å². The molecule has 0 saturated carbocycles. The first-order chi connectivity index (χ1) is 13.9. The molecule has 0 spiro atoms. The number of hydrogen-bond acceptors (Lipinski definition) is 4. The van der Waals surface area contributed by atoms with Crippen LogP contribution in [0.5, 0.6) is 0 Å². The predicted molar refractivity (Wildman–Crippen MR) is 113 cm³/mol. The van der Waals surface area contributed by atoms with E-state index in [4.69, 9.17) is 0 Å². The normalized spacial score (nSPS) is 28.7. The molecule has 1 aromatic rings. The fourth-order valence-corrected chi connectivity index (χ4v) is 5.84. The molecule has 4 aliphatic heterocycles. The van der Waals surface area contributed by atoms with Gasteiger partial charge in [-0.2, -0.15) is 0 Å². The van der Waals surface area contributed by atoms with Crippen LogP contribution < -0.4 is 4.72 Å². The fraction of sp³-hybridized carbons (Fsp3) is 0.591. The number of carbonyl (C=O) groups excluding carboxylic acids is 1. The maximum Gasteiger partial charge on any atom is 0.246 e. The lowest BCUT2D eigenvalue weighted by atomic mass is 9.83. The van der Waals surface area contributed by atoms with Crippen molar-refractivity contribution in [2.45, 2.75) is 37.5 Å². The van der Waals surface area contributed by atoms with Gasteiger partial charge in [0.2, 0.25) is 15.9 Å². The van der Waals surface area contributed by atoms with Gasteiger partial charge in [0.1, 0.15) is 0 Å². The molecule has 0 aliphatic carbocycles. The van der Waals surface area contributed by atoms with E-state index >= 15 is 0 Å². The highest BCUT2D eigenvalue weighted by molar-refractivity contribution is 7.89.